The Morgan fingerprint density at radius 1 is 1.14 bits per heavy atom. The molecule has 8 heteroatoms. The van der Waals surface area contributed by atoms with Crippen LogP contribution in [0.1, 0.15) is 38.1 Å². The van der Waals surface area contributed by atoms with Crippen LogP contribution in [0, 0.1) is 0 Å². The Bertz CT molecular complexity index is 1020. The SMILES string of the molecule is CCCCn1c(CN(C)Cc2cc(-c3ccccc3)n[nH]2)cnc1S(=O)(=O)CC. The number of nitrogens with zero attached hydrogens (tertiary/aromatic N) is 4. The summed E-state index contributed by atoms with van der Waals surface area (Å²) in [5.74, 6) is 0.0574. The molecule has 0 amide bonds. The first kappa shape index (κ1) is 21.3. The van der Waals surface area contributed by atoms with Gasteiger partial charge in [0.1, 0.15) is 0 Å². The molecule has 0 spiro atoms. The highest BCUT2D eigenvalue weighted by atomic mass is 32.2. The molecular formula is C21H29N5O2S. The monoisotopic (exact) mass is 415 g/mol. The molecule has 0 aliphatic heterocycles. The third-order valence-corrected chi connectivity index (χ3v) is 6.51. The number of imidazole rings is 1. The molecule has 156 valence electrons. The number of benzene rings is 1. The molecule has 2 aromatic heterocycles. The average molecular weight is 416 g/mol. The quantitative estimate of drug-likeness (QED) is 0.548. The topological polar surface area (TPSA) is 83.9 Å². The summed E-state index contributed by atoms with van der Waals surface area (Å²) in [6.07, 6.45) is 3.60. The molecule has 0 saturated carbocycles. The summed E-state index contributed by atoms with van der Waals surface area (Å²) < 4.78 is 26.7. The van der Waals surface area contributed by atoms with Crippen molar-refractivity contribution in [3.05, 3.63) is 54.0 Å². The summed E-state index contributed by atoms with van der Waals surface area (Å²) in [7, 11) is -1.34. The number of aromatic nitrogens is 4. The minimum Gasteiger partial charge on any atom is -0.318 e. The lowest BCUT2D eigenvalue weighted by Crippen LogP contribution is -2.21. The number of hydrogen-bond donors (Lipinski definition) is 1. The summed E-state index contributed by atoms with van der Waals surface area (Å²) in [5.41, 5.74) is 3.91. The van der Waals surface area contributed by atoms with Crippen molar-refractivity contribution in [1.29, 1.82) is 0 Å². The molecule has 0 saturated heterocycles. The zero-order valence-corrected chi connectivity index (χ0v) is 18.1. The smallest absolute Gasteiger partial charge is 0.227 e. The van der Waals surface area contributed by atoms with Crippen LogP contribution in [0.3, 0.4) is 0 Å². The first-order valence-corrected chi connectivity index (χ1v) is 11.6. The minimum atomic E-state index is -3.34. The summed E-state index contributed by atoms with van der Waals surface area (Å²) in [4.78, 5) is 6.37. The number of aromatic amines is 1. The molecule has 0 aliphatic rings. The lowest BCUT2D eigenvalue weighted by atomic mass is 10.1. The van der Waals surface area contributed by atoms with Gasteiger partial charge in [-0.1, -0.05) is 50.6 Å². The standard InChI is InChI=1S/C21H29N5O2S/c1-4-6-12-26-19(14-22-21(26)29(27,28)5-2)16-25(3)15-18-13-20(24-23-18)17-10-8-7-9-11-17/h7-11,13-14H,4-6,12,15-16H2,1-3H3,(H,23,24). The Labute approximate surface area is 172 Å². The number of nitrogens with one attached hydrogen (secondary N) is 1. The van der Waals surface area contributed by atoms with Gasteiger partial charge in [-0.3, -0.25) is 10.00 Å². The highest BCUT2D eigenvalue weighted by Gasteiger charge is 2.22. The van der Waals surface area contributed by atoms with Gasteiger partial charge in [0, 0.05) is 30.9 Å². The van der Waals surface area contributed by atoms with Crippen LogP contribution in [-0.2, 0) is 29.5 Å². The van der Waals surface area contributed by atoms with Gasteiger partial charge >= 0.3 is 0 Å². The predicted molar refractivity (Wildman–Crippen MR) is 114 cm³/mol. The highest BCUT2D eigenvalue weighted by Crippen LogP contribution is 2.19. The molecule has 0 fully saturated rings. The van der Waals surface area contributed by atoms with Gasteiger partial charge in [0.2, 0.25) is 15.0 Å². The number of H-pyrrole nitrogens is 1. The van der Waals surface area contributed by atoms with Gasteiger partial charge in [0.25, 0.3) is 0 Å². The van der Waals surface area contributed by atoms with Crippen LogP contribution in [0.15, 0.2) is 47.8 Å². The van der Waals surface area contributed by atoms with Gasteiger partial charge in [-0.05, 0) is 19.5 Å². The fourth-order valence-electron chi connectivity index (χ4n) is 3.27. The maximum atomic E-state index is 12.4. The van der Waals surface area contributed by atoms with Crippen LogP contribution < -0.4 is 0 Å². The Balaban J connectivity index is 1.74. The molecule has 3 rings (SSSR count). The number of sulfone groups is 1. The summed E-state index contributed by atoms with van der Waals surface area (Å²) in [6.45, 7) is 5.70. The van der Waals surface area contributed by atoms with Crippen LogP contribution in [0.25, 0.3) is 11.3 Å². The number of rotatable bonds is 10. The van der Waals surface area contributed by atoms with Crippen LogP contribution in [-0.4, -0.2) is 45.9 Å². The van der Waals surface area contributed by atoms with E-state index in [1.54, 1.807) is 13.1 Å². The maximum absolute atomic E-state index is 12.4. The van der Waals surface area contributed by atoms with E-state index in [4.69, 9.17) is 0 Å². The van der Waals surface area contributed by atoms with Gasteiger partial charge < -0.3 is 4.57 Å². The van der Waals surface area contributed by atoms with Gasteiger partial charge in [0.05, 0.1) is 23.3 Å². The van der Waals surface area contributed by atoms with E-state index in [0.717, 1.165) is 35.5 Å². The van der Waals surface area contributed by atoms with Crippen molar-refractivity contribution in [2.45, 2.75) is 51.5 Å². The molecule has 0 bridgehead atoms. The highest BCUT2D eigenvalue weighted by molar-refractivity contribution is 7.91. The second kappa shape index (κ2) is 9.37. The van der Waals surface area contributed by atoms with Crippen molar-refractivity contribution in [2.75, 3.05) is 12.8 Å². The molecule has 0 atom stereocenters. The molecule has 29 heavy (non-hydrogen) atoms. The van der Waals surface area contributed by atoms with Crippen molar-refractivity contribution >= 4 is 9.84 Å². The van der Waals surface area contributed by atoms with Crippen LogP contribution in [0.5, 0.6) is 0 Å². The molecule has 0 radical (unpaired) electrons. The number of unbranched alkanes of at least 4 members (excludes halogenated alkanes) is 1. The van der Waals surface area contributed by atoms with E-state index in [0.29, 0.717) is 19.6 Å². The van der Waals surface area contributed by atoms with E-state index >= 15 is 0 Å². The Morgan fingerprint density at radius 2 is 1.90 bits per heavy atom. The molecule has 7 nitrogen and oxygen atoms in total. The first-order valence-electron chi connectivity index (χ1n) is 10.00. The molecule has 1 aromatic carbocycles. The third-order valence-electron chi connectivity index (χ3n) is 4.87. The van der Waals surface area contributed by atoms with Crippen molar-refractivity contribution in [3.8, 4) is 11.3 Å². The third kappa shape index (κ3) is 5.13. The van der Waals surface area contributed by atoms with Crippen molar-refractivity contribution in [3.63, 3.8) is 0 Å². The summed E-state index contributed by atoms with van der Waals surface area (Å²) in [5, 5.41) is 7.69. The van der Waals surface area contributed by atoms with Crippen LogP contribution in [0.4, 0.5) is 0 Å². The Morgan fingerprint density at radius 3 is 2.59 bits per heavy atom. The predicted octanol–water partition coefficient (Wildman–Crippen LogP) is 3.50. The fourth-order valence-corrected chi connectivity index (χ4v) is 4.29. The number of hydrogen-bond acceptors (Lipinski definition) is 5. The molecule has 0 aliphatic carbocycles. The largest absolute Gasteiger partial charge is 0.318 e. The van der Waals surface area contributed by atoms with E-state index in [-0.39, 0.29) is 10.9 Å². The fraction of sp³-hybridized carbons (Fsp3) is 0.429. The molecule has 3 aromatic rings. The van der Waals surface area contributed by atoms with Crippen molar-refractivity contribution in [1.82, 2.24) is 24.6 Å². The molecule has 1 N–H and O–H groups in total. The van der Waals surface area contributed by atoms with E-state index in [1.807, 2.05) is 48.0 Å². The van der Waals surface area contributed by atoms with Crippen LogP contribution in [0.2, 0.25) is 0 Å². The molecule has 2 heterocycles. The van der Waals surface area contributed by atoms with Crippen molar-refractivity contribution < 1.29 is 8.42 Å². The lowest BCUT2D eigenvalue weighted by molar-refractivity contribution is 0.303. The van der Waals surface area contributed by atoms with Crippen LogP contribution >= 0.6 is 0 Å². The average Bonchev–Trinajstić information content (AvgIpc) is 3.34. The zero-order chi connectivity index (χ0) is 20.9. The second-order valence-electron chi connectivity index (χ2n) is 7.26. The summed E-state index contributed by atoms with van der Waals surface area (Å²) >= 11 is 0. The van der Waals surface area contributed by atoms with Gasteiger partial charge in [-0.25, -0.2) is 13.4 Å². The van der Waals surface area contributed by atoms with E-state index in [9.17, 15) is 8.42 Å². The lowest BCUT2D eigenvalue weighted by Gasteiger charge is -2.18. The normalized spacial score (nSPS) is 12.0. The molecule has 0 unspecified atom stereocenters. The van der Waals surface area contributed by atoms with Gasteiger partial charge in [-0.15, -0.1) is 0 Å². The first-order chi connectivity index (χ1) is 13.9. The van der Waals surface area contributed by atoms with Gasteiger partial charge in [0.15, 0.2) is 0 Å². The van der Waals surface area contributed by atoms with Crippen molar-refractivity contribution in [2.24, 2.45) is 0 Å². The minimum absolute atomic E-state index is 0.0574. The molecular weight excluding hydrogens is 386 g/mol. The Hall–Kier alpha value is -2.45. The maximum Gasteiger partial charge on any atom is 0.227 e. The van der Waals surface area contributed by atoms with E-state index in [2.05, 4.69) is 27.0 Å². The van der Waals surface area contributed by atoms with E-state index < -0.39 is 9.84 Å². The Kier molecular flexibility index (Phi) is 6.87. The summed E-state index contributed by atoms with van der Waals surface area (Å²) in [6, 6.07) is 12.1. The zero-order valence-electron chi connectivity index (χ0n) is 17.3. The van der Waals surface area contributed by atoms with E-state index in [1.165, 1.54) is 0 Å². The van der Waals surface area contributed by atoms with Gasteiger partial charge in [-0.2, -0.15) is 5.10 Å². The second-order valence-corrected chi connectivity index (χ2v) is 9.43.